The lowest BCUT2D eigenvalue weighted by Gasteiger charge is -2.11. The summed E-state index contributed by atoms with van der Waals surface area (Å²) < 4.78 is 7.95. The zero-order valence-corrected chi connectivity index (χ0v) is 13.6. The maximum absolute atomic E-state index is 11.7. The Bertz CT molecular complexity index is 1020. The molecule has 2 aromatic heterocycles. The summed E-state index contributed by atoms with van der Waals surface area (Å²) in [6, 6.07) is 25.8. The molecular weight excluding hydrogens is 310 g/mol. The predicted octanol–water partition coefficient (Wildman–Crippen LogP) is 5.00. The Balaban J connectivity index is 1.75. The minimum Gasteiger partial charge on any atom is -0.488 e. The fourth-order valence-corrected chi connectivity index (χ4v) is 3.03. The molecule has 0 fully saturated rings. The van der Waals surface area contributed by atoms with Gasteiger partial charge in [-0.1, -0.05) is 54.6 Å². The molecule has 0 spiro atoms. The number of benzene rings is 2. The maximum atomic E-state index is 11.7. The molecule has 0 atom stereocenters. The molecule has 122 valence electrons. The molecule has 3 heteroatoms. The number of nitrogens with zero attached hydrogens (tertiary/aromatic N) is 1. The van der Waals surface area contributed by atoms with Crippen LogP contribution in [0.2, 0.25) is 0 Å². The van der Waals surface area contributed by atoms with E-state index in [9.17, 15) is 4.79 Å². The van der Waals surface area contributed by atoms with Crippen LogP contribution >= 0.6 is 0 Å². The van der Waals surface area contributed by atoms with E-state index in [1.165, 1.54) is 0 Å². The Morgan fingerprint density at radius 1 is 0.840 bits per heavy atom. The van der Waals surface area contributed by atoms with Gasteiger partial charge in [0.1, 0.15) is 12.4 Å². The summed E-state index contributed by atoms with van der Waals surface area (Å²) in [4.78, 5) is 11.7. The normalized spacial score (nSPS) is 10.7. The Hall–Kier alpha value is -3.33. The summed E-state index contributed by atoms with van der Waals surface area (Å²) in [6.07, 6.45) is 2.80. The van der Waals surface area contributed by atoms with Crippen molar-refractivity contribution < 1.29 is 9.53 Å². The largest absolute Gasteiger partial charge is 0.488 e. The minimum atomic E-state index is 0.488. The third-order valence-electron chi connectivity index (χ3n) is 4.25. The number of pyridine rings is 1. The molecule has 4 aromatic rings. The second-order valence-electron chi connectivity index (χ2n) is 5.83. The van der Waals surface area contributed by atoms with Crippen LogP contribution in [0.3, 0.4) is 0 Å². The second-order valence-corrected chi connectivity index (χ2v) is 5.83. The monoisotopic (exact) mass is 327 g/mol. The Morgan fingerprint density at radius 3 is 2.44 bits per heavy atom. The van der Waals surface area contributed by atoms with Crippen LogP contribution in [-0.2, 0) is 6.61 Å². The second kappa shape index (κ2) is 6.65. The van der Waals surface area contributed by atoms with E-state index in [4.69, 9.17) is 4.74 Å². The Labute approximate surface area is 146 Å². The molecule has 2 aromatic carbocycles. The average molecular weight is 327 g/mol. The first-order chi connectivity index (χ1) is 12.4. The number of hydrogen-bond acceptors (Lipinski definition) is 2. The third-order valence-corrected chi connectivity index (χ3v) is 4.25. The number of aldehydes is 1. The molecule has 0 unspecified atom stereocenters. The molecule has 0 aliphatic heterocycles. The van der Waals surface area contributed by atoms with Crippen molar-refractivity contribution >= 4 is 11.8 Å². The van der Waals surface area contributed by atoms with E-state index in [0.29, 0.717) is 12.3 Å². The van der Waals surface area contributed by atoms with Gasteiger partial charge in [-0.2, -0.15) is 0 Å². The SMILES string of the molecule is O=Cc1c(-c2ccccc2OCc2ccccc2)cc2ccccn12. The standard InChI is InChI=1S/C22H17NO2/c24-15-21-20(14-18-10-6-7-13-23(18)21)19-11-4-5-12-22(19)25-16-17-8-2-1-3-9-17/h1-15H,16H2. The van der Waals surface area contributed by atoms with Gasteiger partial charge in [0.05, 0.1) is 5.69 Å². The highest BCUT2D eigenvalue weighted by molar-refractivity contribution is 5.91. The zero-order valence-electron chi connectivity index (χ0n) is 13.6. The summed E-state index contributed by atoms with van der Waals surface area (Å²) in [5, 5.41) is 0. The van der Waals surface area contributed by atoms with E-state index >= 15 is 0 Å². The summed E-state index contributed by atoms with van der Waals surface area (Å²) >= 11 is 0. The van der Waals surface area contributed by atoms with Crippen LogP contribution in [0.25, 0.3) is 16.6 Å². The average Bonchev–Trinajstić information content (AvgIpc) is 3.06. The number of fused-ring (bicyclic) bond motifs is 1. The van der Waals surface area contributed by atoms with Crippen molar-refractivity contribution in [2.45, 2.75) is 6.61 Å². The smallest absolute Gasteiger partial charge is 0.167 e. The fourth-order valence-electron chi connectivity index (χ4n) is 3.03. The van der Waals surface area contributed by atoms with E-state index < -0.39 is 0 Å². The van der Waals surface area contributed by atoms with Crippen LogP contribution in [0.4, 0.5) is 0 Å². The molecule has 0 amide bonds. The highest BCUT2D eigenvalue weighted by atomic mass is 16.5. The summed E-state index contributed by atoms with van der Waals surface area (Å²) in [7, 11) is 0. The van der Waals surface area contributed by atoms with Gasteiger partial charge >= 0.3 is 0 Å². The summed E-state index contributed by atoms with van der Waals surface area (Å²) in [5.74, 6) is 0.769. The number of hydrogen-bond donors (Lipinski definition) is 0. The van der Waals surface area contributed by atoms with Gasteiger partial charge in [-0.15, -0.1) is 0 Å². The van der Waals surface area contributed by atoms with Crippen LogP contribution in [-0.4, -0.2) is 10.7 Å². The highest BCUT2D eigenvalue weighted by Gasteiger charge is 2.15. The van der Waals surface area contributed by atoms with Crippen LogP contribution in [0, 0.1) is 0 Å². The number of rotatable bonds is 5. The number of ether oxygens (including phenoxy) is 1. The zero-order chi connectivity index (χ0) is 17.1. The van der Waals surface area contributed by atoms with Crippen molar-refractivity contribution in [2.24, 2.45) is 0 Å². The van der Waals surface area contributed by atoms with Crippen molar-refractivity contribution in [3.63, 3.8) is 0 Å². The number of carbonyl (C=O) groups is 1. The fraction of sp³-hybridized carbons (Fsp3) is 0.0455. The van der Waals surface area contributed by atoms with Crippen molar-refractivity contribution in [2.75, 3.05) is 0 Å². The van der Waals surface area contributed by atoms with Gasteiger partial charge in [-0.05, 0) is 29.8 Å². The van der Waals surface area contributed by atoms with Gasteiger partial charge in [-0.3, -0.25) is 4.79 Å². The first kappa shape index (κ1) is 15.2. The lowest BCUT2D eigenvalue weighted by atomic mass is 10.1. The molecule has 0 saturated carbocycles. The van der Waals surface area contributed by atoms with Gasteiger partial charge in [0.2, 0.25) is 0 Å². The molecule has 0 aliphatic rings. The molecule has 0 radical (unpaired) electrons. The predicted molar refractivity (Wildman–Crippen MR) is 99.0 cm³/mol. The van der Waals surface area contributed by atoms with Gasteiger partial charge in [0.15, 0.2) is 6.29 Å². The first-order valence-electron chi connectivity index (χ1n) is 8.18. The topological polar surface area (TPSA) is 30.7 Å². The van der Waals surface area contributed by atoms with E-state index in [0.717, 1.165) is 34.2 Å². The molecular formula is C22H17NO2. The molecule has 0 aliphatic carbocycles. The molecule has 0 N–H and O–H groups in total. The van der Waals surface area contributed by atoms with Crippen molar-refractivity contribution in [3.8, 4) is 16.9 Å². The van der Waals surface area contributed by atoms with Crippen LogP contribution in [0.15, 0.2) is 85.1 Å². The molecule has 0 saturated heterocycles. The molecule has 25 heavy (non-hydrogen) atoms. The van der Waals surface area contributed by atoms with E-state index in [2.05, 4.69) is 0 Å². The van der Waals surface area contributed by atoms with Crippen LogP contribution in [0.1, 0.15) is 16.1 Å². The lowest BCUT2D eigenvalue weighted by Crippen LogP contribution is -1.98. The molecule has 4 rings (SSSR count). The van der Waals surface area contributed by atoms with Crippen molar-refractivity contribution in [1.82, 2.24) is 4.40 Å². The van der Waals surface area contributed by atoms with Gasteiger partial charge < -0.3 is 9.14 Å². The Morgan fingerprint density at radius 2 is 1.60 bits per heavy atom. The third kappa shape index (κ3) is 2.92. The first-order valence-corrected chi connectivity index (χ1v) is 8.18. The van der Waals surface area contributed by atoms with E-state index in [-0.39, 0.29) is 0 Å². The molecule has 2 heterocycles. The van der Waals surface area contributed by atoms with Crippen molar-refractivity contribution in [1.29, 1.82) is 0 Å². The van der Waals surface area contributed by atoms with Crippen LogP contribution < -0.4 is 4.74 Å². The number of aromatic nitrogens is 1. The van der Waals surface area contributed by atoms with Crippen molar-refractivity contribution in [3.05, 3.63) is 96.3 Å². The summed E-state index contributed by atoms with van der Waals surface area (Å²) in [6.45, 7) is 0.488. The van der Waals surface area contributed by atoms with Gasteiger partial charge in [0.25, 0.3) is 0 Å². The number of carbonyl (C=O) groups excluding carboxylic acids is 1. The maximum Gasteiger partial charge on any atom is 0.167 e. The van der Waals surface area contributed by atoms with Crippen LogP contribution in [0.5, 0.6) is 5.75 Å². The summed E-state index contributed by atoms with van der Waals surface area (Å²) in [5.41, 5.74) is 4.52. The minimum absolute atomic E-state index is 0.488. The molecule has 0 bridgehead atoms. The van der Waals surface area contributed by atoms with E-state index in [1.807, 2.05) is 89.5 Å². The lowest BCUT2D eigenvalue weighted by molar-refractivity contribution is 0.111. The van der Waals surface area contributed by atoms with Gasteiger partial charge in [-0.25, -0.2) is 0 Å². The van der Waals surface area contributed by atoms with Gasteiger partial charge in [0, 0.05) is 22.8 Å². The highest BCUT2D eigenvalue weighted by Crippen LogP contribution is 2.34. The molecule has 3 nitrogen and oxygen atoms in total. The quantitative estimate of drug-likeness (QED) is 0.483. The van der Waals surface area contributed by atoms with E-state index in [1.54, 1.807) is 0 Å². The number of para-hydroxylation sites is 1. The Kier molecular flexibility index (Phi) is 4.05.